The van der Waals surface area contributed by atoms with Gasteiger partial charge in [0, 0.05) is 23.1 Å². The fraction of sp³-hybridized carbons (Fsp3) is 0.364. The number of aromatic nitrogens is 4. The third kappa shape index (κ3) is 3.82. The van der Waals surface area contributed by atoms with E-state index < -0.39 is 0 Å². The fourth-order valence-electron chi connectivity index (χ4n) is 3.89. The number of methoxy groups -OCH3 is 1. The van der Waals surface area contributed by atoms with Crippen molar-refractivity contribution >= 4 is 50.6 Å². The number of thioether (sulfide) groups is 1. The Morgan fingerprint density at radius 3 is 3.03 bits per heavy atom. The first kappa shape index (κ1) is 21.2. The Bertz CT molecular complexity index is 1340. The van der Waals surface area contributed by atoms with Crippen LogP contribution in [0.25, 0.3) is 15.9 Å². The second-order valence-corrected chi connectivity index (χ2v) is 10.3. The van der Waals surface area contributed by atoms with Crippen molar-refractivity contribution in [2.75, 3.05) is 18.2 Å². The normalized spacial score (nSPS) is 15.1. The molecule has 1 N–H and O–H groups in total. The molecule has 32 heavy (non-hydrogen) atoms. The van der Waals surface area contributed by atoms with Gasteiger partial charge in [-0.1, -0.05) is 17.8 Å². The molecular formula is C22H23N5O3S2. The van der Waals surface area contributed by atoms with Crippen molar-refractivity contribution in [3.63, 3.8) is 0 Å². The van der Waals surface area contributed by atoms with Gasteiger partial charge in [-0.3, -0.25) is 9.20 Å². The van der Waals surface area contributed by atoms with Crippen molar-refractivity contribution in [2.45, 2.75) is 44.6 Å². The quantitative estimate of drug-likeness (QED) is 0.437. The fourth-order valence-corrected chi connectivity index (χ4v) is 5.81. The highest BCUT2D eigenvalue weighted by molar-refractivity contribution is 7.99. The maximum absolute atomic E-state index is 12.5. The molecule has 0 aliphatic carbocycles. The van der Waals surface area contributed by atoms with Crippen LogP contribution in [0.4, 0.5) is 5.69 Å². The van der Waals surface area contributed by atoms with E-state index in [1.807, 2.05) is 29.5 Å². The van der Waals surface area contributed by atoms with E-state index in [1.54, 1.807) is 24.5 Å². The van der Waals surface area contributed by atoms with Crippen LogP contribution in [0.15, 0.2) is 29.4 Å². The number of fused-ring (bicyclic) bond motifs is 5. The lowest BCUT2D eigenvalue weighted by molar-refractivity contribution is -0.113. The summed E-state index contributed by atoms with van der Waals surface area (Å²) in [6, 6.07) is 7.28. The summed E-state index contributed by atoms with van der Waals surface area (Å²) in [5, 5.41) is 13.5. The third-order valence-corrected chi connectivity index (χ3v) is 7.43. The maximum atomic E-state index is 12.5. The molecule has 10 heteroatoms. The number of rotatable bonds is 5. The van der Waals surface area contributed by atoms with E-state index in [4.69, 9.17) is 14.5 Å². The minimum absolute atomic E-state index is 0.126. The number of nitrogens with one attached hydrogen (secondary N) is 1. The van der Waals surface area contributed by atoms with Crippen LogP contribution in [-0.4, -0.2) is 44.0 Å². The van der Waals surface area contributed by atoms with E-state index in [-0.39, 0.29) is 17.3 Å². The van der Waals surface area contributed by atoms with Crippen LogP contribution in [0.3, 0.4) is 0 Å². The molecular weight excluding hydrogens is 446 g/mol. The summed E-state index contributed by atoms with van der Waals surface area (Å²) in [5.41, 5.74) is 2.51. The lowest BCUT2D eigenvalue weighted by Gasteiger charge is -2.30. The van der Waals surface area contributed by atoms with Crippen LogP contribution in [0.2, 0.25) is 0 Å². The van der Waals surface area contributed by atoms with Crippen LogP contribution in [0.5, 0.6) is 5.75 Å². The maximum Gasteiger partial charge on any atom is 0.234 e. The van der Waals surface area contributed by atoms with Crippen molar-refractivity contribution in [3.8, 4) is 5.75 Å². The Balaban J connectivity index is 1.42. The molecule has 0 saturated heterocycles. The van der Waals surface area contributed by atoms with Gasteiger partial charge in [0.2, 0.25) is 5.91 Å². The lowest BCUT2D eigenvalue weighted by atomic mass is 9.94. The summed E-state index contributed by atoms with van der Waals surface area (Å²) >= 11 is 3.00. The van der Waals surface area contributed by atoms with Gasteiger partial charge in [0.1, 0.15) is 16.4 Å². The molecule has 1 aliphatic rings. The van der Waals surface area contributed by atoms with E-state index in [9.17, 15) is 4.79 Å². The molecule has 1 amide bonds. The highest BCUT2D eigenvalue weighted by Crippen LogP contribution is 2.40. The van der Waals surface area contributed by atoms with Gasteiger partial charge in [-0.25, -0.2) is 4.98 Å². The minimum atomic E-state index is -0.224. The van der Waals surface area contributed by atoms with Gasteiger partial charge in [-0.2, -0.15) is 0 Å². The number of thiophene rings is 1. The highest BCUT2D eigenvalue weighted by atomic mass is 32.2. The Morgan fingerprint density at radius 1 is 1.38 bits per heavy atom. The SMILES string of the molecule is COc1cccc(NC(=O)CSc2nnc3c4c5c(sc4nc(C)n23)COC(C)(C)C5)c1. The molecule has 0 radical (unpaired) electrons. The van der Waals surface area contributed by atoms with Gasteiger partial charge < -0.3 is 14.8 Å². The second kappa shape index (κ2) is 8.02. The summed E-state index contributed by atoms with van der Waals surface area (Å²) in [6.07, 6.45) is 0.807. The Morgan fingerprint density at radius 2 is 2.22 bits per heavy atom. The van der Waals surface area contributed by atoms with Crippen molar-refractivity contribution in [2.24, 2.45) is 0 Å². The number of hydrogen-bond donors (Lipinski definition) is 1. The van der Waals surface area contributed by atoms with Crippen LogP contribution in [0.1, 0.15) is 30.1 Å². The molecule has 0 unspecified atom stereocenters. The first-order chi connectivity index (χ1) is 15.3. The molecule has 0 fully saturated rings. The smallest absolute Gasteiger partial charge is 0.234 e. The number of carbonyl (C=O) groups is 1. The lowest BCUT2D eigenvalue weighted by Crippen LogP contribution is -2.31. The first-order valence-corrected chi connectivity index (χ1v) is 12.0. The summed E-state index contributed by atoms with van der Waals surface area (Å²) in [7, 11) is 1.60. The summed E-state index contributed by atoms with van der Waals surface area (Å²) in [4.78, 5) is 19.5. The van der Waals surface area contributed by atoms with Gasteiger partial charge in [0.05, 0.1) is 30.5 Å². The second-order valence-electron chi connectivity index (χ2n) is 8.28. The van der Waals surface area contributed by atoms with E-state index >= 15 is 0 Å². The van der Waals surface area contributed by atoms with Crippen LogP contribution >= 0.6 is 23.1 Å². The molecule has 0 bridgehead atoms. The molecule has 0 atom stereocenters. The van der Waals surface area contributed by atoms with E-state index in [0.29, 0.717) is 23.2 Å². The van der Waals surface area contributed by atoms with Gasteiger partial charge in [-0.15, -0.1) is 21.5 Å². The number of amides is 1. The van der Waals surface area contributed by atoms with Crippen LogP contribution in [0, 0.1) is 6.92 Å². The Labute approximate surface area is 193 Å². The summed E-state index contributed by atoms with van der Waals surface area (Å²) < 4.78 is 13.1. The van der Waals surface area contributed by atoms with Crippen molar-refractivity contribution in [1.82, 2.24) is 19.6 Å². The molecule has 4 heterocycles. The largest absolute Gasteiger partial charge is 0.497 e. The standard InChI is InChI=1S/C22H23N5O3S2/c1-12-23-20-18(15-9-22(2,3)30-10-16(15)32-20)19-25-26-21(27(12)19)31-11-17(28)24-13-6-5-7-14(8-13)29-4/h5-8H,9-11H2,1-4H3,(H,24,28). The number of anilines is 1. The van der Waals surface area contributed by atoms with Gasteiger partial charge in [0.25, 0.3) is 0 Å². The number of benzene rings is 1. The topological polar surface area (TPSA) is 90.6 Å². The molecule has 0 spiro atoms. The van der Waals surface area contributed by atoms with E-state index in [2.05, 4.69) is 29.4 Å². The van der Waals surface area contributed by atoms with Crippen molar-refractivity contribution in [3.05, 3.63) is 40.5 Å². The summed E-state index contributed by atoms with van der Waals surface area (Å²) in [5.74, 6) is 1.57. The molecule has 0 saturated carbocycles. The number of hydrogen-bond acceptors (Lipinski definition) is 8. The molecule has 1 aromatic carbocycles. The molecule has 4 aromatic rings. The van der Waals surface area contributed by atoms with Crippen LogP contribution < -0.4 is 10.1 Å². The number of carbonyl (C=O) groups excluding carboxylic acids is 1. The minimum Gasteiger partial charge on any atom is -0.497 e. The van der Waals surface area contributed by atoms with Gasteiger partial charge >= 0.3 is 0 Å². The van der Waals surface area contributed by atoms with Gasteiger partial charge in [-0.05, 0) is 38.5 Å². The van der Waals surface area contributed by atoms with Gasteiger partial charge in [0.15, 0.2) is 10.8 Å². The Hall–Kier alpha value is -2.69. The van der Waals surface area contributed by atoms with E-state index in [0.717, 1.165) is 28.1 Å². The molecule has 5 rings (SSSR count). The zero-order valence-corrected chi connectivity index (χ0v) is 19.9. The predicted molar refractivity (Wildman–Crippen MR) is 126 cm³/mol. The molecule has 3 aromatic heterocycles. The Kier molecular flexibility index (Phi) is 5.31. The average molecular weight is 470 g/mol. The molecule has 166 valence electrons. The predicted octanol–water partition coefficient (Wildman–Crippen LogP) is 4.24. The third-order valence-electron chi connectivity index (χ3n) is 5.40. The zero-order chi connectivity index (χ0) is 22.5. The number of ether oxygens (including phenoxy) is 2. The average Bonchev–Trinajstić information content (AvgIpc) is 3.33. The van der Waals surface area contributed by atoms with Crippen molar-refractivity contribution < 1.29 is 14.3 Å². The summed E-state index contributed by atoms with van der Waals surface area (Å²) in [6.45, 7) is 6.73. The molecule has 1 aliphatic heterocycles. The van der Waals surface area contributed by atoms with Crippen LogP contribution in [-0.2, 0) is 22.6 Å². The monoisotopic (exact) mass is 469 g/mol. The van der Waals surface area contributed by atoms with Crippen molar-refractivity contribution in [1.29, 1.82) is 0 Å². The highest BCUT2D eigenvalue weighted by Gasteiger charge is 2.31. The first-order valence-electron chi connectivity index (χ1n) is 10.2. The zero-order valence-electron chi connectivity index (χ0n) is 18.3. The molecule has 8 nitrogen and oxygen atoms in total. The number of nitrogens with zero attached hydrogens (tertiary/aromatic N) is 4. The number of aryl methyl sites for hydroxylation is 1. The van der Waals surface area contributed by atoms with E-state index in [1.165, 1.54) is 22.2 Å².